The quantitative estimate of drug-likeness (QED) is 0.880. The van der Waals surface area contributed by atoms with E-state index >= 15 is 0 Å². The summed E-state index contributed by atoms with van der Waals surface area (Å²) in [5, 5.41) is 12.9. The van der Waals surface area contributed by atoms with Crippen molar-refractivity contribution in [2.24, 2.45) is 5.73 Å². The molecule has 1 aromatic heterocycles. The van der Waals surface area contributed by atoms with Gasteiger partial charge in [0, 0.05) is 11.8 Å². The maximum absolute atomic E-state index is 11.4. The van der Waals surface area contributed by atoms with Gasteiger partial charge in [-0.15, -0.1) is 0 Å². The molecule has 0 radical (unpaired) electrons. The zero-order valence-electron chi connectivity index (χ0n) is 9.71. The second-order valence-electron chi connectivity index (χ2n) is 3.79. The standard InChI is InChI=1S/C13H12N4O/c14-7-4-8-17-9-11(13(15)18)12(16-17)10-5-2-1-3-6-10/h1-3,5-6,9H,4,8H2,(H2,15,18). The predicted octanol–water partition coefficient (Wildman–Crippen LogP) is 1.56. The Balaban J connectivity index is 2.43. The molecule has 5 nitrogen and oxygen atoms in total. The monoisotopic (exact) mass is 240 g/mol. The number of hydrogen-bond donors (Lipinski definition) is 1. The summed E-state index contributed by atoms with van der Waals surface area (Å²) in [4.78, 5) is 11.4. The summed E-state index contributed by atoms with van der Waals surface area (Å²) in [5.74, 6) is -0.517. The van der Waals surface area contributed by atoms with E-state index in [1.807, 2.05) is 36.4 Å². The predicted molar refractivity (Wildman–Crippen MR) is 66.4 cm³/mol. The number of nitrogens with two attached hydrogens (primary N) is 1. The average Bonchev–Trinajstić information content (AvgIpc) is 2.82. The number of nitriles is 1. The molecule has 0 aliphatic heterocycles. The molecular weight excluding hydrogens is 228 g/mol. The van der Waals surface area contributed by atoms with Gasteiger partial charge >= 0.3 is 0 Å². The minimum absolute atomic E-state index is 0.341. The van der Waals surface area contributed by atoms with Gasteiger partial charge in [0.25, 0.3) is 5.91 Å². The van der Waals surface area contributed by atoms with Crippen LogP contribution in [0.25, 0.3) is 11.3 Å². The van der Waals surface area contributed by atoms with E-state index in [9.17, 15) is 4.79 Å². The van der Waals surface area contributed by atoms with E-state index < -0.39 is 5.91 Å². The van der Waals surface area contributed by atoms with Gasteiger partial charge < -0.3 is 5.73 Å². The first-order valence-electron chi connectivity index (χ1n) is 5.52. The lowest BCUT2D eigenvalue weighted by atomic mass is 10.1. The van der Waals surface area contributed by atoms with E-state index in [0.29, 0.717) is 24.2 Å². The van der Waals surface area contributed by atoms with Gasteiger partial charge in [-0.25, -0.2) is 0 Å². The van der Waals surface area contributed by atoms with E-state index in [0.717, 1.165) is 5.56 Å². The Morgan fingerprint density at radius 3 is 2.72 bits per heavy atom. The Morgan fingerprint density at radius 2 is 2.11 bits per heavy atom. The number of benzene rings is 1. The zero-order valence-corrected chi connectivity index (χ0v) is 9.71. The second kappa shape index (κ2) is 5.15. The Labute approximate surface area is 104 Å². The third-order valence-electron chi connectivity index (χ3n) is 2.53. The summed E-state index contributed by atoms with van der Waals surface area (Å²) in [6.45, 7) is 0.448. The number of carbonyl (C=O) groups excluding carboxylic acids is 1. The molecule has 18 heavy (non-hydrogen) atoms. The normalized spacial score (nSPS) is 9.94. The van der Waals surface area contributed by atoms with Gasteiger partial charge in [0.05, 0.1) is 24.6 Å². The van der Waals surface area contributed by atoms with Crippen molar-refractivity contribution < 1.29 is 4.79 Å². The topological polar surface area (TPSA) is 84.7 Å². The molecule has 0 aliphatic carbocycles. The lowest BCUT2D eigenvalue weighted by Gasteiger charge is -1.98. The summed E-state index contributed by atoms with van der Waals surface area (Å²) < 4.78 is 1.58. The lowest BCUT2D eigenvalue weighted by molar-refractivity contribution is 0.100. The van der Waals surface area contributed by atoms with Crippen LogP contribution in [0.3, 0.4) is 0 Å². The molecule has 0 fully saturated rings. The maximum Gasteiger partial charge on any atom is 0.252 e. The van der Waals surface area contributed by atoms with Crippen LogP contribution in [0.15, 0.2) is 36.5 Å². The van der Waals surface area contributed by atoms with Gasteiger partial charge in [-0.2, -0.15) is 10.4 Å². The van der Waals surface area contributed by atoms with Gasteiger partial charge in [0.1, 0.15) is 5.69 Å². The molecule has 0 atom stereocenters. The fourth-order valence-corrected chi connectivity index (χ4v) is 1.69. The van der Waals surface area contributed by atoms with Gasteiger partial charge in [-0.1, -0.05) is 30.3 Å². The summed E-state index contributed by atoms with van der Waals surface area (Å²) >= 11 is 0. The summed E-state index contributed by atoms with van der Waals surface area (Å²) in [6, 6.07) is 11.4. The first-order valence-corrected chi connectivity index (χ1v) is 5.52. The molecule has 1 aromatic carbocycles. The highest BCUT2D eigenvalue weighted by atomic mass is 16.1. The van der Waals surface area contributed by atoms with E-state index in [4.69, 9.17) is 11.0 Å². The van der Waals surface area contributed by atoms with Crippen LogP contribution in [0, 0.1) is 11.3 Å². The summed E-state index contributed by atoms with van der Waals surface area (Å²) in [6.07, 6.45) is 1.93. The van der Waals surface area contributed by atoms with Crippen molar-refractivity contribution in [1.29, 1.82) is 5.26 Å². The molecule has 0 saturated heterocycles. The Morgan fingerprint density at radius 1 is 1.39 bits per heavy atom. The van der Waals surface area contributed by atoms with Crippen molar-refractivity contribution >= 4 is 5.91 Å². The Hall–Kier alpha value is -2.61. The minimum atomic E-state index is -0.517. The number of primary amides is 1. The molecule has 2 aromatic rings. The third kappa shape index (κ3) is 2.38. The van der Waals surface area contributed by atoms with Crippen LogP contribution in [0.4, 0.5) is 0 Å². The molecule has 2 rings (SSSR count). The van der Waals surface area contributed by atoms with E-state index in [2.05, 4.69) is 5.10 Å². The highest BCUT2D eigenvalue weighted by Gasteiger charge is 2.15. The Kier molecular flexibility index (Phi) is 3.39. The number of aryl methyl sites for hydroxylation is 1. The van der Waals surface area contributed by atoms with Crippen molar-refractivity contribution in [2.75, 3.05) is 0 Å². The van der Waals surface area contributed by atoms with Gasteiger partial charge in [0.15, 0.2) is 0 Å². The first-order chi connectivity index (χ1) is 8.72. The van der Waals surface area contributed by atoms with Crippen molar-refractivity contribution in [3.63, 3.8) is 0 Å². The second-order valence-corrected chi connectivity index (χ2v) is 3.79. The fourth-order valence-electron chi connectivity index (χ4n) is 1.69. The number of aromatic nitrogens is 2. The number of nitrogens with zero attached hydrogens (tertiary/aromatic N) is 3. The highest BCUT2D eigenvalue weighted by Crippen LogP contribution is 2.21. The van der Waals surface area contributed by atoms with Crippen LogP contribution in [-0.4, -0.2) is 15.7 Å². The fraction of sp³-hybridized carbons (Fsp3) is 0.154. The van der Waals surface area contributed by atoms with Crippen molar-refractivity contribution in [3.05, 3.63) is 42.1 Å². The molecule has 0 aliphatic rings. The molecule has 1 amide bonds. The molecule has 2 N–H and O–H groups in total. The van der Waals surface area contributed by atoms with Crippen LogP contribution in [-0.2, 0) is 6.54 Å². The van der Waals surface area contributed by atoms with E-state index in [1.165, 1.54) is 0 Å². The van der Waals surface area contributed by atoms with Crippen LogP contribution in [0.1, 0.15) is 16.8 Å². The molecule has 0 bridgehead atoms. The molecule has 5 heteroatoms. The molecule has 0 unspecified atom stereocenters. The van der Waals surface area contributed by atoms with E-state index in [1.54, 1.807) is 10.9 Å². The molecule has 0 spiro atoms. The van der Waals surface area contributed by atoms with Crippen LogP contribution in [0.2, 0.25) is 0 Å². The molecule has 0 saturated carbocycles. The van der Waals surface area contributed by atoms with Gasteiger partial charge in [-0.05, 0) is 0 Å². The number of carbonyl (C=O) groups is 1. The van der Waals surface area contributed by atoms with E-state index in [-0.39, 0.29) is 0 Å². The summed E-state index contributed by atoms with van der Waals surface area (Å²) in [5.41, 5.74) is 7.10. The number of hydrogen-bond acceptors (Lipinski definition) is 3. The molecule has 90 valence electrons. The average molecular weight is 240 g/mol. The molecular formula is C13H12N4O. The first kappa shape index (κ1) is 11.9. The maximum atomic E-state index is 11.4. The van der Waals surface area contributed by atoms with Crippen LogP contribution >= 0.6 is 0 Å². The molecule has 1 heterocycles. The van der Waals surface area contributed by atoms with Crippen molar-refractivity contribution in [3.8, 4) is 17.3 Å². The largest absolute Gasteiger partial charge is 0.365 e. The Bertz CT molecular complexity index is 595. The summed E-state index contributed by atoms with van der Waals surface area (Å²) in [7, 11) is 0. The van der Waals surface area contributed by atoms with Crippen molar-refractivity contribution in [1.82, 2.24) is 9.78 Å². The SMILES string of the molecule is N#CCCn1cc(C(N)=O)c(-c2ccccc2)n1. The van der Waals surface area contributed by atoms with Gasteiger partial charge in [0.2, 0.25) is 0 Å². The highest BCUT2D eigenvalue weighted by molar-refractivity contribution is 5.98. The van der Waals surface area contributed by atoms with Gasteiger partial charge in [-0.3, -0.25) is 9.48 Å². The number of amides is 1. The van der Waals surface area contributed by atoms with Crippen molar-refractivity contribution in [2.45, 2.75) is 13.0 Å². The minimum Gasteiger partial charge on any atom is -0.365 e. The smallest absolute Gasteiger partial charge is 0.252 e. The number of rotatable bonds is 4. The van der Waals surface area contributed by atoms with Crippen LogP contribution < -0.4 is 5.73 Å². The zero-order chi connectivity index (χ0) is 13.0. The third-order valence-corrected chi connectivity index (χ3v) is 2.53. The van der Waals surface area contributed by atoms with Crippen LogP contribution in [0.5, 0.6) is 0 Å². The lowest BCUT2D eigenvalue weighted by Crippen LogP contribution is -2.11.